The van der Waals surface area contributed by atoms with Crippen LogP contribution in [0.15, 0.2) is 122 Å². The van der Waals surface area contributed by atoms with Crippen LogP contribution in [-0.2, 0) is 32.7 Å². The van der Waals surface area contributed by atoms with Crippen LogP contribution in [0, 0.1) is 0 Å². The van der Waals surface area contributed by atoms with Crippen LogP contribution in [0.3, 0.4) is 0 Å². The molecule has 2 unspecified atom stereocenters. The number of phosphoric ester groups is 1. The predicted molar refractivity (Wildman–Crippen MR) is 360 cm³/mol. The van der Waals surface area contributed by atoms with Crippen LogP contribution >= 0.6 is 7.82 Å². The zero-order valence-electron chi connectivity index (χ0n) is 54.8. The number of carbonyl (C=O) groups is 2. The van der Waals surface area contributed by atoms with Gasteiger partial charge in [0.1, 0.15) is 19.8 Å². The zero-order valence-corrected chi connectivity index (χ0v) is 55.7. The molecule has 0 aliphatic rings. The van der Waals surface area contributed by atoms with E-state index in [1.807, 2.05) is 21.1 Å². The molecule has 0 N–H and O–H groups in total. The first-order valence-corrected chi connectivity index (χ1v) is 35.7. The van der Waals surface area contributed by atoms with Gasteiger partial charge in [-0.25, -0.2) is 0 Å². The van der Waals surface area contributed by atoms with Crippen molar-refractivity contribution < 1.29 is 42.1 Å². The Morgan fingerprint density at radius 2 is 0.679 bits per heavy atom. The van der Waals surface area contributed by atoms with Crippen LogP contribution in [0.25, 0.3) is 0 Å². The summed E-state index contributed by atoms with van der Waals surface area (Å²) in [5.74, 6) is -0.836. The molecular formula is C74H128NO8P. The molecule has 482 valence electrons. The first-order valence-electron chi connectivity index (χ1n) is 34.2. The molecule has 0 aromatic heterocycles. The third kappa shape index (κ3) is 67.5. The van der Waals surface area contributed by atoms with Gasteiger partial charge in [0.05, 0.1) is 27.7 Å². The number of hydrogen-bond donors (Lipinski definition) is 0. The van der Waals surface area contributed by atoms with Crippen molar-refractivity contribution in [2.45, 2.75) is 290 Å². The Morgan fingerprint density at radius 1 is 0.381 bits per heavy atom. The molecular weight excluding hydrogens is 1060 g/mol. The highest BCUT2D eigenvalue weighted by atomic mass is 31.2. The second-order valence-electron chi connectivity index (χ2n) is 23.8. The summed E-state index contributed by atoms with van der Waals surface area (Å²) in [4.78, 5) is 38.0. The smallest absolute Gasteiger partial charge is 0.306 e. The van der Waals surface area contributed by atoms with Crippen LogP contribution in [0.4, 0.5) is 0 Å². The average Bonchev–Trinajstić information content (AvgIpc) is 3.61. The van der Waals surface area contributed by atoms with Crippen molar-refractivity contribution in [2.75, 3.05) is 47.5 Å². The van der Waals surface area contributed by atoms with E-state index >= 15 is 0 Å². The first-order chi connectivity index (χ1) is 41.0. The zero-order chi connectivity index (χ0) is 61.2. The molecule has 0 aliphatic carbocycles. The lowest BCUT2D eigenvalue weighted by Crippen LogP contribution is -2.37. The number of nitrogens with zero attached hydrogens (tertiary/aromatic N) is 1. The monoisotopic (exact) mass is 1190 g/mol. The van der Waals surface area contributed by atoms with E-state index < -0.39 is 26.5 Å². The maximum Gasteiger partial charge on any atom is 0.306 e. The van der Waals surface area contributed by atoms with Gasteiger partial charge in [0, 0.05) is 12.8 Å². The number of carbonyl (C=O) groups excluding carboxylic acids is 2. The SMILES string of the molecule is CC/C=C\C/C=C\C/C=C\C/C=C\C/C=C\C/C=C\C/C=C\C/C=C\CCCCCCCCCCCCCCC(=O)OC(COC(=O)CCCCCCCCCCCCC/C=C\C/C=C\CCCCCCC)COP(=O)([O-])OCC[N+](C)(C)C. The van der Waals surface area contributed by atoms with Crippen molar-refractivity contribution in [3.8, 4) is 0 Å². The lowest BCUT2D eigenvalue weighted by molar-refractivity contribution is -0.870. The number of phosphoric acid groups is 1. The number of ether oxygens (including phenoxy) is 2. The van der Waals surface area contributed by atoms with E-state index in [4.69, 9.17) is 18.5 Å². The van der Waals surface area contributed by atoms with Crippen molar-refractivity contribution in [1.29, 1.82) is 0 Å². The van der Waals surface area contributed by atoms with Crippen molar-refractivity contribution in [3.05, 3.63) is 122 Å². The van der Waals surface area contributed by atoms with E-state index in [0.717, 1.165) is 96.3 Å². The Balaban J connectivity index is 4.09. The van der Waals surface area contributed by atoms with E-state index in [9.17, 15) is 19.0 Å². The van der Waals surface area contributed by atoms with Gasteiger partial charge in [-0.15, -0.1) is 0 Å². The minimum Gasteiger partial charge on any atom is -0.756 e. The molecule has 0 saturated heterocycles. The fourth-order valence-corrected chi connectivity index (χ4v) is 9.96. The van der Waals surface area contributed by atoms with Crippen molar-refractivity contribution in [2.24, 2.45) is 0 Å². The van der Waals surface area contributed by atoms with E-state index in [0.29, 0.717) is 17.4 Å². The third-order valence-electron chi connectivity index (χ3n) is 14.5. The fourth-order valence-electron chi connectivity index (χ4n) is 9.23. The standard InChI is InChI=1S/C74H128NO8P/c1-6-8-10-12-14-16-18-20-22-24-26-28-30-31-32-33-34-35-36-37-38-39-40-41-42-43-45-47-49-51-53-55-57-59-61-63-65-67-74(77)83-72(71-82-84(78,79)81-69-68-75(3,4)5)70-80-73(76)66-64-62-60-58-56-54-52-50-48-46-44-29-27-25-23-21-19-17-15-13-11-9-7-2/h8,10,14,16,19-22,25-28,31-32,34-35,37-38,40-41,72H,6-7,9,11-13,15,17-18,23-24,29-30,33,36,39,42-71H2,1-5H3/b10-8-,16-14-,21-19-,22-20-,27-25-,28-26-,32-31-,35-34-,38-37-,41-40-. The number of esters is 2. The summed E-state index contributed by atoms with van der Waals surface area (Å²) in [6, 6.07) is 0. The van der Waals surface area contributed by atoms with E-state index in [2.05, 4.69) is 135 Å². The largest absolute Gasteiger partial charge is 0.756 e. The highest BCUT2D eigenvalue weighted by molar-refractivity contribution is 7.45. The summed E-state index contributed by atoms with van der Waals surface area (Å²) in [5.41, 5.74) is 0. The Kier molecular flexibility index (Phi) is 61.2. The minimum absolute atomic E-state index is 0.0359. The van der Waals surface area contributed by atoms with Gasteiger partial charge < -0.3 is 27.9 Å². The van der Waals surface area contributed by atoms with E-state index in [-0.39, 0.29) is 32.0 Å². The van der Waals surface area contributed by atoms with E-state index in [1.165, 1.54) is 154 Å². The van der Waals surface area contributed by atoms with Gasteiger partial charge in [-0.05, 0) is 109 Å². The lowest BCUT2D eigenvalue weighted by atomic mass is 10.0. The number of unbranched alkanes of at least 4 members (excludes halogenated alkanes) is 28. The molecule has 0 bridgehead atoms. The Bertz CT molecular complexity index is 1830. The molecule has 0 radical (unpaired) electrons. The normalized spacial score (nSPS) is 13.9. The van der Waals surface area contributed by atoms with Crippen LogP contribution in [0.5, 0.6) is 0 Å². The highest BCUT2D eigenvalue weighted by Gasteiger charge is 2.22. The third-order valence-corrected chi connectivity index (χ3v) is 15.4. The fraction of sp³-hybridized carbons (Fsp3) is 0.703. The molecule has 9 nitrogen and oxygen atoms in total. The van der Waals surface area contributed by atoms with Gasteiger partial charge in [0.15, 0.2) is 6.10 Å². The molecule has 10 heteroatoms. The average molecular weight is 1190 g/mol. The topological polar surface area (TPSA) is 111 Å². The summed E-state index contributed by atoms with van der Waals surface area (Å²) in [7, 11) is 1.16. The number of rotatable bonds is 62. The lowest BCUT2D eigenvalue weighted by Gasteiger charge is -2.28. The van der Waals surface area contributed by atoms with Crippen LogP contribution in [-0.4, -0.2) is 70.0 Å². The maximum absolute atomic E-state index is 12.9. The predicted octanol–water partition coefficient (Wildman–Crippen LogP) is 21.6. The molecule has 0 amide bonds. The molecule has 0 aliphatic heterocycles. The Labute approximate surface area is 518 Å². The van der Waals surface area contributed by atoms with Gasteiger partial charge in [0.25, 0.3) is 7.82 Å². The number of allylic oxidation sites excluding steroid dienone is 20. The van der Waals surface area contributed by atoms with Crippen molar-refractivity contribution in [3.63, 3.8) is 0 Å². The molecule has 0 aromatic carbocycles. The summed E-state index contributed by atoms with van der Waals surface area (Å²) in [5, 5.41) is 0. The molecule has 0 heterocycles. The summed E-state index contributed by atoms with van der Waals surface area (Å²) in [6.45, 7) is 4.12. The van der Waals surface area contributed by atoms with Crippen LogP contribution in [0.1, 0.15) is 284 Å². The Morgan fingerprint density at radius 3 is 1.01 bits per heavy atom. The summed E-state index contributed by atoms with van der Waals surface area (Å²) < 4.78 is 34.3. The Hall–Kier alpha value is -3.59. The van der Waals surface area contributed by atoms with E-state index in [1.54, 1.807) is 0 Å². The van der Waals surface area contributed by atoms with Crippen LogP contribution in [0.2, 0.25) is 0 Å². The molecule has 0 rings (SSSR count). The van der Waals surface area contributed by atoms with Crippen molar-refractivity contribution in [1.82, 2.24) is 0 Å². The minimum atomic E-state index is -4.65. The highest BCUT2D eigenvalue weighted by Crippen LogP contribution is 2.38. The summed E-state index contributed by atoms with van der Waals surface area (Å²) in [6.07, 6.45) is 91.2. The second-order valence-corrected chi connectivity index (χ2v) is 25.2. The molecule has 0 spiro atoms. The van der Waals surface area contributed by atoms with Gasteiger partial charge in [-0.2, -0.15) is 0 Å². The van der Waals surface area contributed by atoms with Gasteiger partial charge >= 0.3 is 11.9 Å². The van der Waals surface area contributed by atoms with Gasteiger partial charge in [-0.3, -0.25) is 14.2 Å². The quantitative estimate of drug-likeness (QED) is 0.0195. The number of hydrogen-bond acceptors (Lipinski definition) is 8. The van der Waals surface area contributed by atoms with Crippen molar-refractivity contribution >= 4 is 19.8 Å². The van der Waals surface area contributed by atoms with Gasteiger partial charge in [0.2, 0.25) is 0 Å². The number of quaternary nitrogens is 1. The molecule has 84 heavy (non-hydrogen) atoms. The molecule has 0 aromatic rings. The van der Waals surface area contributed by atoms with Crippen LogP contribution < -0.4 is 4.89 Å². The van der Waals surface area contributed by atoms with Gasteiger partial charge in [-0.1, -0.05) is 283 Å². The first kappa shape index (κ1) is 80.4. The number of likely N-dealkylation sites (N-methyl/N-ethyl adjacent to an activating group) is 1. The molecule has 0 saturated carbocycles. The summed E-state index contributed by atoms with van der Waals surface area (Å²) >= 11 is 0. The molecule has 0 fully saturated rings. The molecule has 2 atom stereocenters. The maximum atomic E-state index is 12.9. The second kappa shape index (κ2) is 63.9.